The molecule has 1 aromatic heterocycles. The van der Waals surface area contributed by atoms with E-state index in [1.165, 1.54) is 6.07 Å². The minimum absolute atomic E-state index is 0.0422. The lowest BCUT2D eigenvalue weighted by Gasteiger charge is -2.16. The van der Waals surface area contributed by atoms with Gasteiger partial charge in [-0.15, -0.1) is 0 Å². The van der Waals surface area contributed by atoms with E-state index in [2.05, 4.69) is 6.08 Å². The second-order valence-corrected chi connectivity index (χ2v) is 6.18. The Morgan fingerprint density at radius 3 is 2.91 bits per heavy atom. The van der Waals surface area contributed by atoms with Crippen molar-refractivity contribution in [3.63, 3.8) is 0 Å². The first-order valence-electron chi connectivity index (χ1n) is 7.59. The molecule has 1 unspecified atom stereocenters. The number of aryl methyl sites for hydroxylation is 1. The van der Waals surface area contributed by atoms with Gasteiger partial charge in [-0.2, -0.15) is 0 Å². The quantitative estimate of drug-likeness (QED) is 0.481. The third kappa shape index (κ3) is 3.48. The third-order valence-corrected chi connectivity index (χ3v) is 4.49. The number of hydrogen-bond acceptors (Lipinski definition) is 4. The van der Waals surface area contributed by atoms with Crippen LogP contribution in [0.3, 0.4) is 0 Å². The zero-order chi connectivity index (χ0) is 16.4. The summed E-state index contributed by atoms with van der Waals surface area (Å²) in [6.07, 6.45) is 6.49. The summed E-state index contributed by atoms with van der Waals surface area (Å²) in [5, 5.41) is 1.27. The van der Waals surface area contributed by atoms with Gasteiger partial charge in [0.2, 0.25) is 0 Å². The molecular formula is C18H17ClO4. The molecule has 1 heterocycles. The van der Waals surface area contributed by atoms with E-state index in [0.717, 1.165) is 18.4 Å². The van der Waals surface area contributed by atoms with Crippen LogP contribution < -0.4 is 5.63 Å². The van der Waals surface area contributed by atoms with Crippen molar-refractivity contribution in [1.29, 1.82) is 0 Å². The summed E-state index contributed by atoms with van der Waals surface area (Å²) in [5.41, 5.74) is 1.42. The van der Waals surface area contributed by atoms with Crippen LogP contribution in [0.2, 0.25) is 5.02 Å². The number of benzene rings is 1. The first-order chi connectivity index (χ1) is 11.0. The normalized spacial score (nSPS) is 17.4. The molecule has 2 aromatic rings. The number of rotatable bonds is 3. The number of halogens is 1. The van der Waals surface area contributed by atoms with Crippen molar-refractivity contribution in [2.75, 3.05) is 0 Å². The van der Waals surface area contributed by atoms with E-state index >= 15 is 0 Å². The smallest absolute Gasteiger partial charge is 0.336 e. The lowest BCUT2D eigenvalue weighted by Crippen LogP contribution is -2.19. The first-order valence-corrected chi connectivity index (χ1v) is 7.97. The number of ether oxygens (including phenoxy) is 1. The Hall–Kier alpha value is -2.07. The molecule has 0 spiro atoms. The van der Waals surface area contributed by atoms with Crippen molar-refractivity contribution in [3.05, 3.63) is 56.9 Å². The predicted octanol–water partition coefficient (Wildman–Crippen LogP) is 4.15. The molecule has 0 bridgehead atoms. The fraction of sp³-hybridized carbons (Fsp3) is 0.333. The van der Waals surface area contributed by atoms with Crippen molar-refractivity contribution >= 4 is 28.5 Å². The Labute approximate surface area is 138 Å². The predicted molar refractivity (Wildman–Crippen MR) is 88.5 cm³/mol. The molecule has 4 nitrogen and oxygen atoms in total. The highest BCUT2D eigenvalue weighted by atomic mass is 35.5. The minimum Gasteiger partial charge on any atom is -0.461 e. The molecule has 0 fully saturated rings. The van der Waals surface area contributed by atoms with E-state index in [-0.39, 0.29) is 18.5 Å². The van der Waals surface area contributed by atoms with Crippen LogP contribution in [0.4, 0.5) is 0 Å². The maximum atomic E-state index is 12.1. The molecule has 0 saturated heterocycles. The molecule has 120 valence electrons. The largest absolute Gasteiger partial charge is 0.461 e. The summed E-state index contributed by atoms with van der Waals surface area (Å²) in [6, 6.07) is 4.81. The van der Waals surface area contributed by atoms with Crippen LogP contribution in [0.15, 0.2) is 39.6 Å². The van der Waals surface area contributed by atoms with Gasteiger partial charge in [-0.05, 0) is 43.9 Å². The zero-order valence-electron chi connectivity index (χ0n) is 12.8. The summed E-state index contributed by atoms with van der Waals surface area (Å²) in [6.45, 7) is 1.88. The highest BCUT2D eigenvalue weighted by Crippen LogP contribution is 2.26. The zero-order valence-corrected chi connectivity index (χ0v) is 13.6. The second kappa shape index (κ2) is 6.59. The Bertz CT molecular complexity index is 835. The van der Waals surface area contributed by atoms with Gasteiger partial charge in [-0.25, -0.2) is 4.79 Å². The molecular weight excluding hydrogens is 316 g/mol. The van der Waals surface area contributed by atoms with Gasteiger partial charge in [-0.3, -0.25) is 4.79 Å². The van der Waals surface area contributed by atoms with Crippen LogP contribution >= 0.6 is 11.6 Å². The van der Waals surface area contributed by atoms with Gasteiger partial charge >= 0.3 is 11.6 Å². The van der Waals surface area contributed by atoms with Gasteiger partial charge in [0.15, 0.2) is 0 Å². The number of carbonyl (C=O) groups excluding carboxylic acids is 1. The molecule has 1 aliphatic rings. The summed E-state index contributed by atoms with van der Waals surface area (Å²) in [5.74, 6) is -0.328. The van der Waals surface area contributed by atoms with Crippen molar-refractivity contribution in [1.82, 2.24) is 0 Å². The first kappa shape index (κ1) is 15.8. The Balaban J connectivity index is 1.84. The lowest BCUT2D eigenvalue weighted by molar-refractivity contribution is -0.150. The second-order valence-electron chi connectivity index (χ2n) is 5.78. The summed E-state index contributed by atoms with van der Waals surface area (Å²) in [7, 11) is 0. The standard InChI is InChI=1S/C18H17ClO4/c1-11-7-16-14(9-15(11)19)13(8-17(20)23-16)10-22-18(21)12-5-3-2-4-6-12/h2-3,7-9,12H,4-6,10H2,1H3. The van der Waals surface area contributed by atoms with Crippen molar-refractivity contribution in [2.45, 2.75) is 32.8 Å². The highest BCUT2D eigenvalue weighted by Gasteiger charge is 2.20. The lowest BCUT2D eigenvalue weighted by atomic mass is 9.95. The van der Waals surface area contributed by atoms with Gasteiger partial charge in [0.25, 0.3) is 0 Å². The van der Waals surface area contributed by atoms with E-state index in [9.17, 15) is 9.59 Å². The van der Waals surface area contributed by atoms with Crippen LogP contribution in [0.5, 0.6) is 0 Å². The molecule has 0 amide bonds. The number of fused-ring (bicyclic) bond motifs is 1. The molecule has 0 N–H and O–H groups in total. The van der Waals surface area contributed by atoms with Crippen molar-refractivity contribution in [2.24, 2.45) is 5.92 Å². The maximum absolute atomic E-state index is 12.1. The Kier molecular flexibility index (Phi) is 4.53. The van der Waals surface area contributed by atoms with Crippen LogP contribution in [0.1, 0.15) is 30.4 Å². The summed E-state index contributed by atoms with van der Waals surface area (Å²) in [4.78, 5) is 23.8. The van der Waals surface area contributed by atoms with E-state index in [1.807, 2.05) is 13.0 Å². The number of carbonyl (C=O) groups is 1. The Morgan fingerprint density at radius 1 is 1.35 bits per heavy atom. The van der Waals surface area contributed by atoms with Crippen LogP contribution in [0.25, 0.3) is 11.0 Å². The molecule has 3 rings (SSSR count). The van der Waals surface area contributed by atoms with E-state index in [0.29, 0.717) is 28.0 Å². The molecule has 1 aliphatic carbocycles. The molecule has 5 heteroatoms. The van der Waals surface area contributed by atoms with Gasteiger partial charge < -0.3 is 9.15 Å². The third-order valence-electron chi connectivity index (χ3n) is 4.08. The van der Waals surface area contributed by atoms with Crippen molar-refractivity contribution in [3.8, 4) is 0 Å². The van der Waals surface area contributed by atoms with E-state index in [1.54, 1.807) is 12.1 Å². The number of hydrogen-bond donors (Lipinski definition) is 0. The topological polar surface area (TPSA) is 56.5 Å². The molecule has 1 atom stereocenters. The molecule has 0 saturated carbocycles. The fourth-order valence-electron chi connectivity index (χ4n) is 2.74. The SMILES string of the molecule is Cc1cc2oc(=O)cc(COC(=O)C3CC=CCC3)c2cc1Cl. The van der Waals surface area contributed by atoms with Crippen LogP contribution in [0, 0.1) is 12.8 Å². The van der Waals surface area contributed by atoms with Crippen molar-refractivity contribution < 1.29 is 13.9 Å². The highest BCUT2D eigenvalue weighted by molar-refractivity contribution is 6.32. The van der Waals surface area contributed by atoms with Crippen LogP contribution in [-0.2, 0) is 16.1 Å². The van der Waals surface area contributed by atoms with Gasteiger partial charge in [0.1, 0.15) is 12.2 Å². The Morgan fingerprint density at radius 2 is 2.17 bits per heavy atom. The number of esters is 1. The van der Waals surface area contributed by atoms with E-state index in [4.69, 9.17) is 20.8 Å². The van der Waals surface area contributed by atoms with Gasteiger partial charge in [0.05, 0.1) is 5.92 Å². The van der Waals surface area contributed by atoms with Crippen LogP contribution in [-0.4, -0.2) is 5.97 Å². The van der Waals surface area contributed by atoms with Gasteiger partial charge in [0, 0.05) is 22.0 Å². The fourth-order valence-corrected chi connectivity index (χ4v) is 2.91. The molecule has 0 radical (unpaired) electrons. The average molecular weight is 333 g/mol. The molecule has 1 aromatic carbocycles. The summed E-state index contributed by atoms with van der Waals surface area (Å²) >= 11 is 6.15. The van der Waals surface area contributed by atoms with E-state index < -0.39 is 5.63 Å². The maximum Gasteiger partial charge on any atom is 0.336 e. The average Bonchev–Trinajstić information content (AvgIpc) is 2.55. The molecule has 23 heavy (non-hydrogen) atoms. The molecule has 0 aliphatic heterocycles. The monoisotopic (exact) mass is 332 g/mol. The minimum atomic E-state index is -0.467. The van der Waals surface area contributed by atoms with Gasteiger partial charge in [-0.1, -0.05) is 23.8 Å². The summed E-state index contributed by atoms with van der Waals surface area (Å²) < 4.78 is 10.6. The number of allylic oxidation sites excluding steroid dienone is 2.